The Balaban J connectivity index is 0.000000712. The van der Waals surface area contributed by atoms with E-state index in [1.807, 2.05) is 0 Å². The van der Waals surface area contributed by atoms with E-state index in [0.717, 1.165) is 12.8 Å². The van der Waals surface area contributed by atoms with Crippen LogP contribution in [-0.4, -0.2) is 39.7 Å². The van der Waals surface area contributed by atoms with Crippen LogP contribution < -0.4 is 0 Å². The van der Waals surface area contributed by atoms with E-state index in [2.05, 4.69) is 34.6 Å². The molecule has 0 heterocycles. The normalized spacial score (nSPS) is 12.2. The van der Waals surface area contributed by atoms with Gasteiger partial charge in [-0.1, -0.05) is 70.1 Å². The summed E-state index contributed by atoms with van der Waals surface area (Å²) in [4.78, 5) is 0.236. The van der Waals surface area contributed by atoms with Crippen molar-refractivity contribution in [2.24, 2.45) is 0 Å². The Morgan fingerprint density at radius 3 is 1.32 bits per heavy atom. The van der Waals surface area contributed by atoms with Gasteiger partial charge in [0.05, 0.1) is 11.5 Å². The van der Waals surface area contributed by atoms with E-state index in [9.17, 15) is 8.42 Å². The summed E-state index contributed by atoms with van der Waals surface area (Å²) in [6.45, 7) is 11.9. The Labute approximate surface area is 233 Å². The van der Waals surface area contributed by atoms with Crippen molar-refractivity contribution >= 4 is 17.4 Å². The summed E-state index contributed by atoms with van der Waals surface area (Å²) in [5, 5.41) is 0. The molecule has 0 aliphatic rings. The van der Waals surface area contributed by atoms with Gasteiger partial charge >= 0.3 is 111 Å². The molecule has 0 radical (unpaired) electrons. The molecule has 0 spiro atoms. The summed E-state index contributed by atoms with van der Waals surface area (Å²) in [5.74, 6) is 0. The Morgan fingerprint density at radius 2 is 0.919 bits per heavy atom. The number of rotatable bonds is 23. The van der Waals surface area contributed by atoms with E-state index >= 15 is 0 Å². The summed E-state index contributed by atoms with van der Waals surface area (Å²) < 4.78 is 28.7. The number of hydrogen-bond acceptors (Lipinski definition) is 3. The molecule has 0 N–H and O–H groups in total. The molecule has 0 aliphatic carbocycles. The SMILES string of the molecule is CCCCCCCCCCOS(=O)(=O)c1ccccc1.CCCC[PH](CCCC)(CCCC)CCCC. The third-order valence-electron chi connectivity index (χ3n) is 7.51. The Bertz CT molecular complexity index is 668. The van der Waals surface area contributed by atoms with Crippen molar-refractivity contribution in [1.82, 2.24) is 0 Å². The third kappa shape index (κ3) is 19.3. The first-order valence-corrected chi connectivity index (χ1v) is 20.1. The van der Waals surface area contributed by atoms with Crippen LogP contribution >= 0.6 is 7.26 Å². The van der Waals surface area contributed by atoms with Crippen molar-refractivity contribution < 1.29 is 12.6 Å². The minimum absolute atomic E-state index is 0.236. The van der Waals surface area contributed by atoms with Gasteiger partial charge in [-0.3, -0.25) is 4.18 Å². The van der Waals surface area contributed by atoms with Crippen LogP contribution in [0.5, 0.6) is 0 Å². The molecule has 1 aromatic rings. The number of hydrogen-bond donors (Lipinski definition) is 0. The molecule has 0 unspecified atom stereocenters. The Morgan fingerprint density at radius 1 is 0.541 bits per heavy atom. The fourth-order valence-corrected chi connectivity index (χ4v) is 11.9. The van der Waals surface area contributed by atoms with Gasteiger partial charge in [-0.15, -0.1) is 0 Å². The van der Waals surface area contributed by atoms with Crippen LogP contribution in [0.3, 0.4) is 0 Å². The van der Waals surface area contributed by atoms with Crippen LogP contribution in [0.2, 0.25) is 0 Å². The molecule has 0 amide bonds. The van der Waals surface area contributed by atoms with E-state index in [1.165, 1.54) is 89.9 Å². The van der Waals surface area contributed by atoms with Gasteiger partial charge in [0, 0.05) is 0 Å². The van der Waals surface area contributed by atoms with Crippen molar-refractivity contribution in [3.8, 4) is 0 Å². The molecule has 220 valence electrons. The molecule has 0 fully saturated rings. The molecule has 0 saturated heterocycles. The molecule has 37 heavy (non-hydrogen) atoms. The summed E-state index contributed by atoms with van der Waals surface area (Å²) in [6, 6.07) is 8.31. The van der Waals surface area contributed by atoms with Crippen molar-refractivity contribution in [3.63, 3.8) is 0 Å². The van der Waals surface area contributed by atoms with Crippen LogP contribution in [0.15, 0.2) is 35.2 Å². The van der Waals surface area contributed by atoms with Gasteiger partial charge < -0.3 is 0 Å². The van der Waals surface area contributed by atoms with Crippen LogP contribution in [0.1, 0.15) is 137 Å². The molecule has 3 nitrogen and oxygen atoms in total. The molecule has 1 aromatic carbocycles. The zero-order chi connectivity index (χ0) is 27.7. The Hall–Kier alpha value is -0.440. The standard InChI is InChI=1S/C16H26O3S.C16H37P/c1-2-3-4-5-6-7-8-12-15-19-20(17,18)16-13-10-9-11-14-16;1-5-9-13-17(14-10-6-2,15-11-7-3)16-12-8-4/h9-11,13-14H,2-8,12,15H2,1H3;17H,5-16H2,1-4H3. The van der Waals surface area contributed by atoms with Crippen molar-refractivity contribution in [3.05, 3.63) is 30.3 Å². The molecule has 1 rings (SSSR count). The second kappa shape index (κ2) is 24.6. The monoisotopic (exact) mass is 558 g/mol. The molecule has 0 atom stereocenters. The van der Waals surface area contributed by atoms with Gasteiger partial charge in [0.25, 0.3) is 10.1 Å². The molecule has 0 aromatic heterocycles. The summed E-state index contributed by atoms with van der Waals surface area (Å²) in [5.41, 5.74) is 0. The maximum atomic E-state index is 11.8. The molecule has 0 aliphatic heterocycles. The average molecular weight is 559 g/mol. The van der Waals surface area contributed by atoms with E-state index in [0.29, 0.717) is 0 Å². The first kappa shape index (κ1) is 36.6. The van der Waals surface area contributed by atoms with Crippen LogP contribution in [0, 0.1) is 0 Å². The third-order valence-corrected chi connectivity index (χ3v) is 14.5. The second-order valence-electron chi connectivity index (χ2n) is 11.0. The first-order chi connectivity index (χ1) is 17.9. The quantitative estimate of drug-likeness (QED) is 0.0762. The topological polar surface area (TPSA) is 43.4 Å². The van der Waals surface area contributed by atoms with E-state index in [1.54, 1.807) is 55.0 Å². The molecule has 0 saturated carbocycles. The van der Waals surface area contributed by atoms with E-state index < -0.39 is 17.4 Å². The fourth-order valence-electron chi connectivity index (χ4n) is 5.02. The summed E-state index contributed by atoms with van der Waals surface area (Å²) in [7, 11) is -4.44. The fraction of sp³-hybridized carbons (Fsp3) is 0.812. The van der Waals surface area contributed by atoms with Crippen molar-refractivity contribution in [2.45, 2.75) is 142 Å². The predicted octanol–water partition coefficient (Wildman–Crippen LogP) is 10.5. The minimum atomic E-state index is -3.57. The second-order valence-corrected chi connectivity index (χ2v) is 17.6. The van der Waals surface area contributed by atoms with Crippen LogP contribution in [0.25, 0.3) is 0 Å². The Kier molecular flexibility index (Phi) is 24.3. The average Bonchev–Trinajstić information content (AvgIpc) is 2.92. The maximum absolute atomic E-state index is 11.8. The summed E-state index contributed by atoms with van der Waals surface area (Å²) in [6.07, 6.45) is 27.6. The van der Waals surface area contributed by atoms with Gasteiger partial charge in [-0.25, -0.2) is 0 Å². The van der Waals surface area contributed by atoms with Gasteiger partial charge in [0.2, 0.25) is 0 Å². The number of unbranched alkanes of at least 4 members (excludes halogenated alkanes) is 11. The summed E-state index contributed by atoms with van der Waals surface area (Å²) >= 11 is 0. The van der Waals surface area contributed by atoms with E-state index in [4.69, 9.17) is 4.18 Å². The van der Waals surface area contributed by atoms with Crippen LogP contribution in [-0.2, 0) is 14.3 Å². The molecular formula is C32H63O3PS. The van der Waals surface area contributed by atoms with Gasteiger partial charge in [0.1, 0.15) is 0 Å². The van der Waals surface area contributed by atoms with Crippen molar-refractivity contribution in [1.29, 1.82) is 0 Å². The van der Waals surface area contributed by atoms with Gasteiger partial charge in [0.15, 0.2) is 0 Å². The van der Waals surface area contributed by atoms with Gasteiger partial charge in [-0.05, 0) is 18.6 Å². The van der Waals surface area contributed by atoms with E-state index in [-0.39, 0.29) is 11.5 Å². The van der Waals surface area contributed by atoms with Crippen LogP contribution in [0.4, 0.5) is 0 Å². The molecule has 5 heteroatoms. The van der Waals surface area contributed by atoms with Gasteiger partial charge in [-0.2, -0.15) is 8.42 Å². The number of benzene rings is 1. The zero-order valence-corrected chi connectivity index (χ0v) is 27.2. The van der Waals surface area contributed by atoms with Crippen molar-refractivity contribution in [2.75, 3.05) is 31.3 Å². The predicted molar refractivity (Wildman–Crippen MR) is 170 cm³/mol. The zero-order valence-electron chi connectivity index (χ0n) is 25.4. The molecular weight excluding hydrogens is 495 g/mol. The molecule has 0 bridgehead atoms. The first-order valence-electron chi connectivity index (χ1n) is 15.9.